The van der Waals surface area contributed by atoms with Crippen LogP contribution in [0.5, 0.6) is 0 Å². The molecule has 0 radical (unpaired) electrons. The normalized spacial score (nSPS) is 10.6. The van der Waals surface area contributed by atoms with Crippen LogP contribution in [0.2, 0.25) is 0 Å². The third-order valence-electron chi connectivity index (χ3n) is 4.01. The Morgan fingerprint density at radius 1 is 1.18 bits per heavy atom. The number of amides is 2. The summed E-state index contributed by atoms with van der Waals surface area (Å²) < 4.78 is 0. The first-order valence-corrected chi connectivity index (χ1v) is 10.5. The molecule has 28 heavy (non-hydrogen) atoms. The summed E-state index contributed by atoms with van der Waals surface area (Å²) in [4.78, 5) is 32.6. The van der Waals surface area contributed by atoms with E-state index in [-0.39, 0.29) is 5.91 Å². The molecule has 2 amide bonds. The number of benzene rings is 1. The number of nitrogens with two attached hydrogens (primary N) is 1. The van der Waals surface area contributed by atoms with Gasteiger partial charge in [-0.3, -0.25) is 9.59 Å². The van der Waals surface area contributed by atoms with Gasteiger partial charge in [-0.05, 0) is 25.5 Å². The molecule has 8 heteroatoms. The minimum Gasteiger partial charge on any atom is -0.365 e. The van der Waals surface area contributed by atoms with Gasteiger partial charge in [0.25, 0.3) is 5.91 Å². The van der Waals surface area contributed by atoms with Crippen LogP contribution in [0.3, 0.4) is 0 Å². The predicted molar refractivity (Wildman–Crippen MR) is 114 cm³/mol. The molecule has 0 spiro atoms. The van der Waals surface area contributed by atoms with Gasteiger partial charge in [0.1, 0.15) is 11.3 Å². The van der Waals surface area contributed by atoms with Gasteiger partial charge in [-0.1, -0.05) is 29.8 Å². The van der Waals surface area contributed by atoms with E-state index in [1.165, 1.54) is 29.4 Å². The molecule has 0 saturated carbocycles. The number of primary amides is 1. The highest BCUT2D eigenvalue weighted by Gasteiger charge is 2.19. The van der Waals surface area contributed by atoms with E-state index in [4.69, 9.17) is 5.73 Å². The molecule has 2 heterocycles. The highest BCUT2D eigenvalue weighted by Crippen LogP contribution is 2.35. The number of anilines is 1. The van der Waals surface area contributed by atoms with E-state index in [2.05, 4.69) is 15.3 Å². The van der Waals surface area contributed by atoms with Crippen molar-refractivity contribution in [2.45, 2.75) is 25.3 Å². The van der Waals surface area contributed by atoms with Gasteiger partial charge in [0.05, 0.1) is 10.6 Å². The van der Waals surface area contributed by atoms with Gasteiger partial charge >= 0.3 is 0 Å². The van der Waals surface area contributed by atoms with Crippen LogP contribution in [0.25, 0.3) is 11.1 Å². The molecule has 0 aliphatic heterocycles. The number of aryl methyl sites for hydroxylation is 2. The van der Waals surface area contributed by atoms with E-state index in [1.54, 1.807) is 0 Å². The number of carbonyl (C=O) groups excluding carboxylic acids is 2. The lowest BCUT2D eigenvalue weighted by atomic mass is 10.0. The maximum Gasteiger partial charge on any atom is 0.252 e. The Labute approximate surface area is 171 Å². The van der Waals surface area contributed by atoms with Crippen LogP contribution in [0.4, 0.5) is 5.00 Å². The van der Waals surface area contributed by atoms with Crippen molar-refractivity contribution in [3.8, 4) is 11.1 Å². The molecule has 2 aromatic heterocycles. The number of thioether (sulfide) groups is 1. The predicted octanol–water partition coefficient (Wildman–Crippen LogP) is 4.04. The lowest BCUT2D eigenvalue weighted by Gasteiger charge is -2.07. The topological polar surface area (TPSA) is 98.0 Å². The van der Waals surface area contributed by atoms with E-state index < -0.39 is 5.91 Å². The van der Waals surface area contributed by atoms with Crippen molar-refractivity contribution in [3.63, 3.8) is 0 Å². The molecule has 3 N–H and O–H groups in total. The first kappa shape index (κ1) is 20.0. The minimum absolute atomic E-state index is 0.168. The Bertz CT molecular complexity index is 1000. The molecule has 0 aliphatic carbocycles. The van der Waals surface area contributed by atoms with Gasteiger partial charge in [-0.2, -0.15) is 0 Å². The van der Waals surface area contributed by atoms with Crippen molar-refractivity contribution in [1.82, 2.24) is 9.97 Å². The van der Waals surface area contributed by atoms with Crippen molar-refractivity contribution in [1.29, 1.82) is 0 Å². The Morgan fingerprint density at radius 2 is 1.93 bits per heavy atom. The molecule has 0 fully saturated rings. The lowest BCUT2D eigenvalue weighted by molar-refractivity contribution is -0.115. The van der Waals surface area contributed by atoms with Crippen molar-refractivity contribution >= 4 is 39.9 Å². The Kier molecular flexibility index (Phi) is 6.43. The van der Waals surface area contributed by atoms with E-state index >= 15 is 0 Å². The Balaban J connectivity index is 1.67. The van der Waals surface area contributed by atoms with Crippen molar-refractivity contribution in [3.05, 3.63) is 58.9 Å². The Hall–Kier alpha value is -2.71. The van der Waals surface area contributed by atoms with Gasteiger partial charge in [0.2, 0.25) is 5.91 Å². The van der Waals surface area contributed by atoms with Crippen molar-refractivity contribution in [2.24, 2.45) is 5.73 Å². The molecule has 0 bridgehead atoms. The summed E-state index contributed by atoms with van der Waals surface area (Å²) in [5, 5.41) is 5.98. The summed E-state index contributed by atoms with van der Waals surface area (Å²) in [6.45, 7) is 3.89. The third kappa shape index (κ3) is 4.96. The molecule has 1 aromatic carbocycles. The minimum atomic E-state index is -0.557. The summed E-state index contributed by atoms with van der Waals surface area (Å²) in [5.41, 5.74) is 9.58. The fourth-order valence-electron chi connectivity index (χ4n) is 2.59. The maximum absolute atomic E-state index is 12.3. The van der Waals surface area contributed by atoms with Gasteiger partial charge in [0, 0.05) is 28.8 Å². The van der Waals surface area contributed by atoms with E-state index in [9.17, 15) is 9.59 Å². The lowest BCUT2D eigenvalue weighted by Crippen LogP contribution is -2.17. The van der Waals surface area contributed by atoms with Gasteiger partial charge in [-0.25, -0.2) is 9.97 Å². The highest BCUT2D eigenvalue weighted by molar-refractivity contribution is 7.99. The third-order valence-corrected chi connectivity index (χ3v) is 5.83. The van der Waals surface area contributed by atoms with E-state index in [0.717, 1.165) is 27.4 Å². The summed E-state index contributed by atoms with van der Waals surface area (Å²) in [7, 11) is 0. The second kappa shape index (κ2) is 8.99. The van der Waals surface area contributed by atoms with Crippen LogP contribution >= 0.6 is 23.1 Å². The monoisotopic (exact) mass is 412 g/mol. The Morgan fingerprint density at radius 3 is 2.61 bits per heavy atom. The number of thiophene rings is 1. The van der Waals surface area contributed by atoms with Crippen molar-refractivity contribution in [2.75, 3.05) is 11.1 Å². The van der Waals surface area contributed by atoms with Crippen LogP contribution in [-0.4, -0.2) is 27.5 Å². The molecule has 6 nitrogen and oxygen atoms in total. The molecular formula is C20H20N4O2S2. The average molecular weight is 413 g/mol. The number of aromatic nitrogens is 2. The van der Waals surface area contributed by atoms with Gasteiger partial charge < -0.3 is 11.1 Å². The quantitative estimate of drug-likeness (QED) is 0.451. The second-order valence-electron chi connectivity index (χ2n) is 6.23. The maximum atomic E-state index is 12.3. The molecule has 3 aromatic rings. The molecule has 0 unspecified atom stereocenters. The smallest absolute Gasteiger partial charge is 0.252 e. The van der Waals surface area contributed by atoms with Gasteiger partial charge in [-0.15, -0.1) is 23.1 Å². The number of hydrogen-bond donors (Lipinski definition) is 2. The number of rotatable bonds is 7. The first-order valence-electron chi connectivity index (χ1n) is 8.63. The van der Waals surface area contributed by atoms with E-state index in [0.29, 0.717) is 22.7 Å². The molecule has 3 rings (SSSR count). The summed E-state index contributed by atoms with van der Waals surface area (Å²) in [6, 6.07) is 9.70. The van der Waals surface area contributed by atoms with Crippen LogP contribution in [0.1, 0.15) is 28.0 Å². The zero-order chi connectivity index (χ0) is 20.1. The van der Waals surface area contributed by atoms with Gasteiger partial charge in [0.15, 0.2) is 0 Å². The highest BCUT2D eigenvalue weighted by atomic mass is 32.2. The first-order chi connectivity index (χ1) is 13.4. The molecule has 144 valence electrons. The van der Waals surface area contributed by atoms with Crippen molar-refractivity contribution < 1.29 is 9.59 Å². The molecule has 0 atom stereocenters. The van der Waals surface area contributed by atoms with Crippen LogP contribution in [-0.2, 0) is 4.79 Å². The molecule has 0 aliphatic rings. The number of hydrogen-bond acceptors (Lipinski definition) is 6. The SMILES string of the molecule is Cc1ccc(-c2csc(NC(=O)CCSc3cc(C)ncn3)c2C(N)=O)cc1. The molecular weight excluding hydrogens is 392 g/mol. The van der Waals surface area contributed by atoms with Crippen LogP contribution in [0.15, 0.2) is 47.1 Å². The molecule has 0 saturated heterocycles. The van der Waals surface area contributed by atoms with Crippen LogP contribution < -0.4 is 11.1 Å². The average Bonchev–Trinajstić information content (AvgIpc) is 3.06. The number of nitrogens with one attached hydrogen (secondary N) is 1. The number of carbonyl (C=O) groups is 2. The zero-order valence-corrected chi connectivity index (χ0v) is 17.2. The fourth-order valence-corrected chi connectivity index (χ4v) is 4.45. The largest absolute Gasteiger partial charge is 0.365 e. The second-order valence-corrected chi connectivity index (χ2v) is 8.22. The van der Waals surface area contributed by atoms with Crippen LogP contribution in [0, 0.1) is 13.8 Å². The zero-order valence-electron chi connectivity index (χ0n) is 15.6. The summed E-state index contributed by atoms with van der Waals surface area (Å²) >= 11 is 2.79. The summed E-state index contributed by atoms with van der Waals surface area (Å²) in [6.07, 6.45) is 1.80. The summed E-state index contributed by atoms with van der Waals surface area (Å²) in [5.74, 6) is -0.152. The standard InChI is InChI=1S/C20H20N4O2S2/c1-12-3-5-14(6-4-12)15-10-28-20(18(15)19(21)26)24-16(25)7-8-27-17-9-13(2)22-11-23-17/h3-6,9-11H,7-8H2,1-2H3,(H2,21,26)(H,24,25). The number of nitrogens with zero attached hydrogens (tertiary/aromatic N) is 2. The fraction of sp³-hybridized carbons (Fsp3) is 0.200. The van der Waals surface area contributed by atoms with E-state index in [1.807, 2.05) is 49.6 Å².